The monoisotopic (exact) mass is 390 g/mol. The fourth-order valence-electron chi connectivity index (χ4n) is 3.14. The number of rotatable bonds is 4. The first kappa shape index (κ1) is 18.8. The molecule has 0 radical (unpaired) electrons. The maximum absolute atomic E-state index is 6.45. The molecule has 2 aromatic rings. The third-order valence-corrected chi connectivity index (χ3v) is 4.68. The van der Waals surface area contributed by atoms with Gasteiger partial charge in [0.1, 0.15) is 0 Å². The second-order valence-corrected chi connectivity index (χ2v) is 6.93. The molecule has 1 fully saturated rings. The van der Waals surface area contributed by atoms with E-state index >= 15 is 0 Å². The number of hydrogen-bond donors (Lipinski definition) is 1. The van der Waals surface area contributed by atoms with E-state index in [9.17, 15) is 0 Å². The van der Waals surface area contributed by atoms with Crippen molar-refractivity contribution in [2.75, 3.05) is 31.2 Å². The number of ether oxygens (including phenoxy) is 1. The molecule has 1 aliphatic heterocycles. The van der Waals surface area contributed by atoms with E-state index in [1.807, 2.05) is 16.8 Å². The van der Waals surface area contributed by atoms with Gasteiger partial charge < -0.3 is 19.8 Å². The number of allylic oxidation sites excluding steroid dienone is 4. The molecule has 0 aliphatic carbocycles. The molecule has 7 heteroatoms. The first-order valence-electron chi connectivity index (χ1n) is 8.28. The summed E-state index contributed by atoms with van der Waals surface area (Å²) in [4.78, 5) is 6.75. The highest BCUT2D eigenvalue weighted by Gasteiger charge is 2.23. The van der Waals surface area contributed by atoms with Crippen molar-refractivity contribution in [1.82, 2.24) is 9.38 Å². The van der Waals surface area contributed by atoms with E-state index in [2.05, 4.69) is 15.8 Å². The van der Waals surface area contributed by atoms with E-state index < -0.39 is 0 Å². The molecule has 0 unspecified atom stereocenters. The predicted octanol–water partition coefficient (Wildman–Crippen LogP) is 3.36. The van der Waals surface area contributed by atoms with Crippen LogP contribution in [0.25, 0.3) is 11.2 Å². The van der Waals surface area contributed by atoms with Gasteiger partial charge in [0.15, 0.2) is 5.65 Å². The SMILES string of the molecule is C#C/C(=C(Cl)\C=C(/C)Cl)c1cn2ccnc2c(N2CCOCC2)c1CN. The number of halogens is 2. The number of nitrogens with two attached hydrogens (primary N) is 1. The summed E-state index contributed by atoms with van der Waals surface area (Å²) in [6, 6.07) is 0. The van der Waals surface area contributed by atoms with Gasteiger partial charge in [-0.3, -0.25) is 0 Å². The smallest absolute Gasteiger partial charge is 0.160 e. The Morgan fingerprint density at radius 1 is 1.42 bits per heavy atom. The van der Waals surface area contributed by atoms with Crippen LogP contribution < -0.4 is 10.6 Å². The minimum absolute atomic E-state index is 0.310. The van der Waals surface area contributed by atoms with Crippen molar-refractivity contribution < 1.29 is 4.74 Å². The van der Waals surface area contributed by atoms with E-state index in [1.165, 1.54) is 0 Å². The number of fused-ring (bicyclic) bond motifs is 1. The van der Waals surface area contributed by atoms with Gasteiger partial charge in [-0.15, -0.1) is 6.42 Å². The van der Waals surface area contributed by atoms with Gasteiger partial charge in [0.25, 0.3) is 0 Å². The minimum atomic E-state index is 0.310. The normalized spacial score (nSPS) is 16.6. The Kier molecular flexibility index (Phi) is 5.90. The number of morpholine rings is 1. The molecule has 0 spiro atoms. The highest BCUT2D eigenvalue weighted by atomic mass is 35.5. The maximum Gasteiger partial charge on any atom is 0.160 e. The molecule has 26 heavy (non-hydrogen) atoms. The number of pyridine rings is 1. The van der Waals surface area contributed by atoms with Crippen molar-refractivity contribution in [3.8, 4) is 12.3 Å². The predicted molar refractivity (Wildman–Crippen MR) is 107 cm³/mol. The fraction of sp³-hybridized carbons (Fsp3) is 0.316. The average Bonchev–Trinajstić information content (AvgIpc) is 3.09. The molecule has 136 valence electrons. The van der Waals surface area contributed by atoms with Crippen molar-refractivity contribution in [3.63, 3.8) is 0 Å². The van der Waals surface area contributed by atoms with Crippen LogP contribution in [0, 0.1) is 12.3 Å². The highest BCUT2D eigenvalue weighted by Crippen LogP contribution is 2.34. The van der Waals surface area contributed by atoms with Gasteiger partial charge in [-0.1, -0.05) is 29.1 Å². The average molecular weight is 391 g/mol. The van der Waals surface area contributed by atoms with Gasteiger partial charge in [0, 0.05) is 54.4 Å². The summed E-state index contributed by atoms with van der Waals surface area (Å²) >= 11 is 12.4. The van der Waals surface area contributed by atoms with Gasteiger partial charge >= 0.3 is 0 Å². The lowest BCUT2D eigenvalue weighted by molar-refractivity contribution is 0.122. The van der Waals surface area contributed by atoms with Gasteiger partial charge in [0.2, 0.25) is 0 Å². The van der Waals surface area contributed by atoms with Crippen LogP contribution in [-0.4, -0.2) is 35.7 Å². The molecule has 3 heterocycles. The zero-order chi connectivity index (χ0) is 18.7. The number of hydrogen-bond acceptors (Lipinski definition) is 4. The van der Waals surface area contributed by atoms with Gasteiger partial charge in [-0.25, -0.2) is 4.98 Å². The zero-order valence-electron chi connectivity index (χ0n) is 14.5. The third kappa shape index (κ3) is 3.60. The summed E-state index contributed by atoms with van der Waals surface area (Å²) in [6.45, 7) is 4.91. The minimum Gasteiger partial charge on any atom is -0.378 e. The van der Waals surface area contributed by atoms with Gasteiger partial charge in [0.05, 0.1) is 29.5 Å². The van der Waals surface area contributed by atoms with Crippen LogP contribution in [0.15, 0.2) is 34.7 Å². The van der Waals surface area contributed by atoms with Gasteiger partial charge in [-0.05, 0) is 13.0 Å². The quantitative estimate of drug-likeness (QED) is 0.642. The Morgan fingerprint density at radius 3 is 2.77 bits per heavy atom. The van der Waals surface area contributed by atoms with Crippen molar-refractivity contribution in [2.24, 2.45) is 5.73 Å². The van der Waals surface area contributed by atoms with Crippen molar-refractivity contribution in [3.05, 3.63) is 45.9 Å². The second kappa shape index (κ2) is 8.15. The molecular formula is C19H20Cl2N4O. The number of nitrogens with zero attached hydrogens (tertiary/aromatic N) is 3. The largest absolute Gasteiger partial charge is 0.378 e. The molecule has 0 aromatic carbocycles. The lowest BCUT2D eigenvalue weighted by Crippen LogP contribution is -2.37. The van der Waals surface area contributed by atoms with E-state index in [0.29, 0.717) is 35.4 Å². The molecule has 0 amide bonds. The zero-order valence-corrected chi connectivity index (χ0v) is 16.0. The second-order valence-electron chi connectivity index (χ2n) is 5.93. The molecule has 0 atom stereocenters. The van der Waals surface area contributed by atoms with Crippen molar-refractivity contribution >= 4 is 40.1 Å². The maximum atomic E-state index is 6.45. The third-order valence-electron chi connectivity index (χ3n) is 4.27. The molecule has 3 rings (SSSR count). The Balaban J connectivity index is 2.29. The summed E-state index contributed by atoms with van der Waals surface area (Å²) < 4.78 is 7.43. The number of anilines is 1. The summed E-state index contributed by atoms with van der Waals surface area (Å²) in [5.41, 5.74) is 10.2. The molecule has 0 saturated carbocycles. The summed E-state index contributed by atoms with van der Waals surface area (Å²) in [6.07, 6.45) is 13.0. The van der Waals surface area contributed by atoms with E-state index in [1.54, 1.807) is 19.2 Å². The summed E-state index contributed by atoms with van der Waals surface area (Å²) in [7, 11) is 0. The summed E-state index contributed by atoms with van der Waals surface area (Å²) in [5.74, 6) is 2.70. The van der Waals surface area contributed by atoms with E-state index in [4.69, 9.17) is 40.1 Å². The van der Waals surface area contributed by atoms with Crippen LogP contribution in [0.2, 0.25) is 0 Å². The van der Waals surface area contributed by atoms with E-state index in [-0.39, 0.29) is 0 Å². The highest BCUT2D eigenvalue weighted by molar-refractivity contribution is 6.37. The summed E-state index contributed by atoms with van der Waals surface area (Å²) in [5, 5.41) is 0.955. The number of imidazole rings is 1. The number of terminal acetylenes is 1. The Bertz CT molecular complexity index is 913. The Morgan fingerprint density at radius 2 is 2.15 bits per heavy atom. The molecular weight excluding hydrogens is 371 g/mol. The van der Waals surface area contributed by atoms with Gasteiger partial charge in [-0.2, -0.15) is 0 Å². The van der Waals surface area contributed by atoms with E-state index in [0.717, 1.165) is 35.6 Å². The lowest BCUT2D eigenvalue weighted by atomic mass is 9.99. The van der Waals surface area contributed by atoms with Crippen LogP contribution in [0.1, 0.15) is 18.1 Å². The van der Waals surface area contributed by atoms with Crippen LogP contribution in [0.5, 0.6) is 0 Å². The molecule has 0 bridgehead atoms. The Hall–Kier alpha value is -1.97. The topological polar surface area (TPSA) is 55.8 Å². The Labute approximate surface area is 163 Å². The fourth-order valence-corrected chi connectivity index (χ4v) is 3.63. The molecule has 2 N–H and O–H groups in total. The van der Waals surface area contributed by atoms with Crippen LogP contribution in [0.3, 0.4) is 0 Å². The van der Waals surface area contributed by atoms with Crippen LogP contribution >= 0.6 is 23.2 Å². The lowest BCUT2D eigenvalue weighted by Gasteiger charge is -2.31. The first-order chi connectivity index (χ1) is 12.6. The number of aromatic nitrogens is 2. The van der Waals surface area contributed by atoms with Crippen LogP contribution in [-0.2, 0) is 11.3 Å². The first-order valence-corrected chi connectivity index (χ1v) is 9.04. The van der Waals surface area contributed by atoms with Crippen molar-refractivity contribution in [2.45, 2.75) is 13.5 Å². The standard InChI is InChI=1S/C19H20Cl2N4O/c1-3-14(17(21)10-13(2)20)16-12-25-5-4-23-19(25)18(15(16)11-22)24-6-8-26-9-7-24/h1,4-5,10,12H,6-9,11,22H2,2H3/b13-10+,17-14-. The van der Waals surface area contributed by atoms with Crippen LogP contribution in [0.4, 0.5) is 5.69 Å². The molecule has 2 aromatic heterocycles. The molecule has 1 aliphatic rings. The molecule has 5 nitrogen and oxygen atoms in total. The molecule has 1 saturated heterocycles. The van der Waals surface area contributed by atoms with Crippen molar-refractivity contribution in [1.29, 1.82) is 0 Å².